The van der Waals surface area contributed by atoms with E-state index in [1.54, 1.807) is 0 Å². The van der Waals surface area contributed by atoms with Crippen molar-refractivity contribution < 1.29 is 0 Å². The van der Waals surface area contributed by atoms with Crippen LogP contribution in [0, 0.1) is 0 Å². The molecule has 1 fully saturated rings. The lowest BCUT2D eigenvalue weighted by Crippen LogP contribution is -2.29. The average molecular weight is 253 g/mol. The van der Waals surface area contributed by atoms with E-state index in [1.807, 2.05) is 18.2 Å². The lowest BCUT2D eigenvalue weighted by Gasteiger charge is -2.17. The molecule has 94 valence electrons. The third-order valence-electron chi connectivity index (χ3n) is 3.49. The molecule has 0 spiro atoms. The highest BCUT2D eigenvalue weighted by molar-refractivity contribution is 6.31. The summed E-state index contributed by atoms with van der Waals surface area (Å²) in [5, 5.41) is 4.49. The number of rotatable bonds is 3. The maximum atomic E-state index is 6.15. The lowest BCUT2D eigenvalue weighted by atomic mass is 10.1. The zero-order valence-electron chi connectivity index (χ0n) is 10.5. The van der Waals surface area contributed by atoms with Crippen LogP contribution in [-0.4, -0.2) is 31.1 Å². The minimum absolute atomic E-state index is 0.635. The molecule has 1 saturated heterocycles. The first kappa shape index (κ1) is 12.9. The highest BCUT2D eigenvalue weighted by Gasteiger charge is 2.14. The van der Waals surface area contributed by atoms with Crippen molar-refractivity contribution in [2.75, 3.05) is 20.1 Å². The van der Waals surface area contributed by atoms with Crippen molar-refractivity contribution in [3.8, 4) is 0 Å². The molecule has 1 aromatic carbocycles. The summed E-state index contributed by atoms with van der Waals surface area (Å²) in [6.07, 6.45) is 3.80. The van der Waals surface area contributed by atoms with Crippen molar-refractivity contribution in [1.29, 1.82) is 0 Å². The predicted molar refractivity (Wildman–Crippen MR) is 73.4 cm³/mol. The fraction of sp³-hybridized carbons (Fsp3) is 0.571. The molecule has 1 aliphatic rings. The van der Waals surface area contributed by atoms with Gasteiger partial charge in [0.05, 0.1) is 0 Å². The molecule has 0 aromatic heterocycles. The minimum atomic E-state index is 0.635. The molecule has 1 N–H and O–H groups in total. The molecular weight excluding hydrogens is 232 g/mol. The second kappa shape index (κ2) is 6.39. The van der Waals surface area contributed by atoms with Gasteiger partial charge in [-0.3, -0.25) is 0 Å². The first-order valence-electron chi connectivity index (χ1n) is 6.41. The first-order chi connectivity index (χ1) is 8.25. The Balaban J connectivity index is 1.83. The lowest BCUT2D eigenvalue weighted by molar-refractivity contribution is 0.343. The summed E-state index contributed by atoms with van der Waals surface area (Å²) in [6, 6.07) is 8.71. The van der Waals surface area contributed by atoms with Crippen LogP contribution in [-0.2, 0) is 6.54 Å². The monoisotopic (exact) mass is 252 g/mol. The highest BCUT2D eigenvalue weighted by Crippen LogP contribution is 2.16. The Hall–Kier alpha value is -0.570. The van der Waals surface area contributed by atoms with Crippen LogP contribution in [0.25, 0.3) is 0 Å². The molecule has 1 unspecified atom stereocenters. The largest absolute Gasteiger partial charge is 0.310 e. The molecule has 0 bridgehead atoms. The molecule has 2 rings (SSSR count). The van der Waals surface area contributed by atoms with Crippen molar-refractivity contribution in [3.05, 3.63) is 34.9 Å². The molecule has 3 heteroatoms. The molecule has 1 aliphatic heterocycles. The number of likely N-dealkylation sites (tertiary alicyclic amines) is 1. The summed E-state index contributed by atoms with van der Waals surface area (Å²) in [5.41, 5.74) is 1.20. The number of nitrogens with one attached hydrogen (secondary N) is 1. The van der Waals surface area contributed by atoms with Gasteiger partial charge in [0, 0.05) is 17.6 Å². The van der Waals surface area contributed by atoms with E-state index in [0.29, 0.717) is 6.04 Å². The second-order valence-corrected chi connectivity index (χ2v) is 5.31. The van der Waals surface area contributed by atoms with Gasteiger partial charge in [0.15, 0.2) is 0 Å². The van der Waals surface area contributed by atoms with Crippen molar-refractivity contribution in [3.63, 3.8) is 0 Å². The van der Waals surface area contributed by atoms with Crippen LogP contribution in [0.3, 0.4) is 0 Å². The molecule has 0 saturated carbocycles. The molecule has 1 aromatic rings. The van der Waals surface area contributed by atoms with Crippen LogP contribution < -0.4 is 5.32 Å². The number of benzene rings is 1. The molecule has 0 amide bonds. The summed E-state index contributed by atoms with van der Waals surface area (Å²) in [6.45, 7) is 3.30. The topological polar surface area (TPSA) is 15.3 Å². The Kier molecular flexibility index (Phi) is 4.84. The Morgan fingerprint density at radius 1 is 1.29 bits per heavy atom. The van der Waals surface area contributed by atoms with Crippen molar-refractivity contribution in [2.24, 2.45) is 0 Å². The molecule has 17 heavy (non-hydrogen) atoms. The molecule has 2 nitrogen and oxygen atoms in total. The Morgan fingerprint density at radius 3 is 2.94 bits per heavy atom. The predicted octanol–water partition coefficient (Wildman–Crippen LogP) is 2.91. The van der Waals surface area contributed by atoms with E-state index in [0.717, 1.165) is 11.6 Å². The van der Waals surface area contributed by atoms with Crippen LogP contribution in [0.15, 0.2) is 24.3 Å². The summed E-state index contributed by atoms with van der Waals surface area (Å²) in [5.74, 6) is 0. The van der Waals surface area contributed by atoms with Crippen LogP contribution in [0.4, 0.5) is 0 Å². The van der Waals surface area contributed by atoms with E-state index in [-0.39, 0.29) is 0 Å². The number of hydrogen-bond acceptors (Lipinski definition) is 2. The van der Waals surface area contributed by atoms with Crippen LogP contribution in [0.5, 0.6) is 0 Å². The first-order valence-corrected chi connectivity index (χ1v) is 6.79. The fourth-order valence-corrected chi connectivity index (χ4v) is 2.54. The van der Waals surface area contributed by atoms with Gasteiger partial charge < -0.3 is 10.2 Å². The van der Waals surface area contributed by atoms with Gasteiger partial charge in [0.25, 0.3) is 0 Å². The third-order valence-corrected chi connectivity index (χ3v) is 3.86. The summed E-state index contributed by atoms with van der Waals surface area (Å²) >= 11 is 6.15. The molecule has 1 heterocycles. The standard InChI is InChI=1S/C14H21ClN2/c1-17-9-4-6-13(8-10-17)16-11-12-5-2-3-7-14(12)15/h2-3,5,7,13,16H,4,6,8-11H2,1H3. The maximum absolute atomic E-state index is 6.15. The van der Waals surface area contributed by atoms with Gasteiger partial charge in [-0.2, -0.15) is 0 Å². The summed E-state index contributed by atoms with van der Waals surface area (Å²) < 4.78 is 0. The van der Waals surface area contributed by atoms with Gasteiger partial charge in [-0.15, -0.1) is 0 Å². The summed E-state index contributed by atoms with van der Waals surface area (Å²) in [7, 11) is 2.20. The SMILES string of the molecule is CN1CCCC(NCc2ccccc2Cl)CC1. The van der Waals surface area contributed by atoms with E-state index in [9.17, 15) is 0 Å². The number of halogens is 1. The number of hydrogen-bond donors (Lipinski definition) is 1. The van der Waals surface area contributed by atoms with Gasteiger partial charge in [0.2, 0.25) is 0 Å². The summed E-state index contributed by atoms with van der Waals surface area (Å²) in [4.78, 5) is 2.41. The Morgan fingerprint density at radius 2 is 2.12 bits per heavy atom. The smallest absolute Gasteiger partial charge is 0.0450 e. The van der Waals surface area contributed by atoms with Crippen LogP contribution in [0.2, 0.25) is 5.02 Å². The van der Waals surface area contributed by atoms with E-state index in [1.165, 1.54) is 37.9 Å². The average Bonchev–Trinajstić information content (AvgIpc) is 2.53. The van der Waals surface area contributed by atoms with Crippen molar-refractivity contribution >= 4 is 11.6 Å². The van der Waals surface area contributed by atoms with E-state index in [4.69, 9.17) is 11.6 Å². The molecular formula is C14H21ClN2. The fourth-order valence-electron chi connectivity index (χ4n) is 2.34. The second-order valence-electron chi connectivity index (χ2n) is 4.90. The molecule has 1 atom stereocenters. The van der Waals surface area contributed by atoms with E-state index < -0.39 is 0 Å². The highest BCUT2D eigenvalue weighted by atomic mass is 35.5. The maximum Gasteiger partial charge on any atom is 0.0450 e. The van der Waals surface area contributed by atoms with E-state index in [2.05, 4.69) is 23.3 Å². The zero-order valence-corrected chi connectivity index (χ0v) is 11.2. The van der Waals surface area contributed by atoms with Gasteiger partial charge in [-0.1, -0.05) is 29.8 Å². The third kappa shape index (κ3) is 3.98. The van der Waals surface area contributed by atoms with Gasteiger partial charge >= 0.3 is 0 Å². The van der Waals surface area contributed by atoms with Crippen LogP contribution >= 0.6 is 11.6 Å². The Bertz CT molecular complexity index is 354. The van der Waals surface area contributed by atoms with E-state index >= 15 is 0 Å². The quantitative estimate of drug-likeness (QED) is 0.890. The molecule has 0 radical (unpaired) electrons. The van der Waals surface area contributed by atoms with Gasteiger partial charge in [-0.05, 0) is 51.0 Å². The van der Waals surface area contributed by atoms with Gasteiger partial charge in [-0.25, -0.2) is 0 Å². The number of nitrogens with zero attached hydrogens (tertiary/aromatic N) is 1. The van der Waals surface area contributed by atoms with Crippen LogP contribution in [0.1, 0.15) is 24.8 Å². The van der Waals surface area contributed by atoms with Gasteiger partial charge in [0.1, 0.15) is 0 Å². The minimum Gasteiger partial charge on any atom is -0.310 e. The van der Waals surface area contributed by atoms with Crippen molar-refractivity contribution in [2.45, 2.75) is 31.8 Å². The zero-order chi connectivity index (χ0) is 12.1. The molecule has 0 aliphatic carbocycles. The Labute approximate surface area is 109 Å². The van der Waals surface area contributed by atoms with Crippen molar-refractivity contribution in [1.82, 2.24) is 10.2 Å². The normalized spacial score (nSPS) is 22.4.